The number of nitrogens with one attached hydrogen (secondary N) is 1. The molecule has 0 spiro atoms. The molecule has 2 aromatic heterocycles. The number of piperidine rings is 1. The number of pyridine rings is 1. The van der Waals surface area contributed by atoms with E-state index in [0.29, 0.717) is 43.0 Å². The predicted molar refractivity (Wildman–Crippen MR) is 151 cm³/mol. The van der Waals surface area contributed by atoms with Crippen LogP contribution in [0.3, 0.4) is 0 Å². The highest BCUT2D eigenvalue weighted by Gasteiger charge is 2.24. The zero-order chi connectivity index (χ0) is 27.0. The zero-order valence-electron chi connectivity index (χ0n) is 22.1. The normalized spacial score (nSPS) is 14.6. The number of aromatic nitrogens is 3. The Balaban J connectivity index is 1.02. The maximum atomic E-state index is 12.7. The lowest BCUT2D eigenvalue weighted by molar-refractivity contribution is 0.117. The van der Waals surface area contributed by atoms with Crippen LogP contribution in [-0.4, -0.2) is 45.6 Å². The van der Waals surface area contributed by atoms with Gasteiger partial charge < -0.3 is 24.1 Å². The van der Waals surface area contributed by atoms with Crippen LogP contribution >= 0.6 is 11.8 Å². The lowest BCUT2D eigenvalue weighted by Gasteiger charge is -2.31. The fourth-order valence-corrected chi connectivity index (χ4v) is 5.14. The number of H-pyrrole nitrogens is 1. The summed E-state index contributed by atoms with van der Waals surface area (Å²) in [6, 6.07) is 19.0. The molecule has 9 heteroatoms. The Hall–Kier alpha value is -3.98. The van der Waals surface area contributed by atoms with Crippen molar-refractivity contribution in [3.8, 4) is 23.1 Å². The van der Waals surface area contributed by atoms with Crippen LogP contribution in [0, 0.1) is 12.8 Å². The molecule has 0 radical (unpaired) electrons. The second-order valence-corrected chi connectivity index (χ2v) is 10.9. The van der Waals surface area contributed by atoms with Gasteiger partial charge in [0, 0.05) is 43.0 Å². The quantitative estimate of drug-likeness (QED) is 0.226. The number of carbonyl (C=O) groups is 1. The molecule has 202 valence electrons. The van der Waals surface area contributed by atoms with E-state index in [1.54, 1.807) is 29.1 Å². The maximum absolute atomic E-state index is 12.7. The number of imidazole rings is 1. The van der Waals surface area contributed by atoms with E-state index in [9.17, 15) is 4.79 Å². The average molecular weight is 545 g/mol. The van der Waals surface area contributed by atoms with Gasteiger partial charge in [0.1, 0.15) is 17.2 Å². The summed E-state index contributed by atoms with van der Waals surface area (Å²) in [6.45, 7) is 6.02. The Kier molecular flexibility index (Phi) is 8.68. The van der Waals surface area contributed by atoms with Gasteiger partial charge in [-0.1, -0.05) is 30.0 Å². The van der Waals surface area contributed by atoms with E-state index in [1.165, 1.54) is 0 Å². The van der Waals surface area contributed by atoms with E-state index in [0.717, 1.165) is 34.9 Å². The van der Waals surface area contributed by atoms with Gasteiger partial charge in [0.25, 0.3) is 0 Å². The first kappa shape index (κ1) is 26.6. The van der Waals surface area contributed by atoms with Crippen LogP contribution in [0.2, 0.25) is 0 Å². The Labute approximate surface area is 232 Å². The molecule has 8 nitrogen and oxygen atoms in total. The Morgan fingerprint density at radius 1 is 1.00 bits per heavy atom. The Morgan fingerprint density at radius 2 is 1.72 bits per heavy atom. The SMILES string of the molecule is Cc1ccc(Oc2ccc(OCC3CCN(C(=O)Oc4ccc(C(C)Sc5ncc[nH]5)cc4)CC3)cc2)nc1. The van der Waals surface area contributed by atoms with E-state index >= 15 is 0 Å². The van der Waals surface area contributed by atoms with Gasteiger partial charge in [-0.2, -0.15) is 0 Å². The van der Waals surface area contributed by atoms with E-state index < -0.39 is 0 Å². The third-order valence-electron chi connectivity index (χ3n) is 6.61. The third-order valence-corrected chi connectivity index (χ3v) is 7.68. The molecular weight excluding hydrogens is 512 g/mol. The lowest BCUT2D eigenvalue weighted by atomic mass is 9.98. The summed E-state index contributed by atoms with van der Waals surface area (Å²) in [7, 11) is 0. The summed E-state index contributed by atoms with van der Waals surface area (Å²) in [4.78, 5) is 26.1. The van der Waals surface area contributed by atoms with Crippen LogP contribution in [0.1, 0.15) is 36.1 Å². The lowest BCUT2D eigenvalue weighted by Crippen LogP contribution is -2.41. The molecule has 1 fully saturated rings. The molecule has 2 aromatic carbocycles. The molecule has 5 rings (SSSR count). The predicted octanol–water partition coefficient (Wildman–Crippen LogP) is 7.05. The first-order chi connectivity index (χ1) is 19.0. The van der Waals surface area contributed by atoms with Crippen LogP contribution in [0.4, 0.5) is 4.79 Å². The number of hydrogen-bond donors (Lipinski definition) is 1. The first-order valence-electron chi connectivity index (χ1n) is 13.1. The van der Waals surface area contributed by atoms with Gasteiger partial charge in [0.05, 0.1) is 6.61 Å². The molecule has 1 amide bonds. The number of aromatic amines is 1. The van der Waals surface area contributed by atoms with Gasteiger partial charge in [-0.3, -0.25) is 0 Å². The molecule has 39 heavy (non-hydrogen) atoms. The Morgan fingerprint density at radius 3 is 2.38 bits per heavy atom. The largest absolute Gasteiger partial charge is 0.493 e. The summed E-state index contributed by atoms with van der Waals surface area (Å²) in [6.07, 6.45) is 6.77. The summed E-state index contributed by atoms with van der Waals surface area (Å²) in [5, 5.41) is 1.11. The Bertz CT molecular complexity index is 1320. The summed E-state index contributed by atoms with van der Waals surface area (Å²) < 4.78 is 17.4. The second kappa shape index (κ2) is 12.7. The molecule has 1 atom stereocenters. The molecule has 0 saturated carbocycles. The monoisotopic (exact) mass is 544 g/mol. The van der Waals surface area contributed by atoms with Crippen molar-refractivity contribution in [2.45, 2.75) is 37.1 Å². The number of hydrogen-bond acceptors (Lipinski definition) is 7. The van der Waals surface area contributed by atoms with Crippen molar-refractivity contribution in [3.63, 3.8) is 0 Å². The van der Waals surface area contributed by atoms with Gasteiger partial charge in [-0.25, -0.2) is 14.8 Å². The molecule has 4 aromatic rings. The van der Waals surface area contributed by atoms with Crippen LogP contribution in [-0.2, 0) is 0 Å². The van der Waals surface area contributed by atoms with Gasteiger partial charge in [0.2, 0.25) is 5.88 Å². The van der Waals surface area contributed by atoms with Crippen molar-refractivity contribution < 1.29 is 19.0 Å². The number of likely N-dealkylation sites (tertiary alicyclic amines) is 1. The molecule has 1 aliphatic rings. The second-order valence-electron chi connectivity index (χ2n) is 9.58. The molecule has 1 saturated heterocycles. The molecule has 0 bridgehead atoms. The zero-order valence-corrected chi connectivity index (χ0v) is 22.9. The summed E-state index contributed by atoms with van der Waals surface area (Å²) in [5.41, 5.74) is 2.23. The number of amides is 1. The summed E-state index contributed by atoms with van der Waals surface area (Å²) >= 11 is 1.65. The number of carbonyl (C=O) groups excluding carboxylic acids is 1. The van der Waals surface area contributed by atoms with Crippen LogP contribution < -0.4 is 14.2 Å². The van der Waals surface area contributed by atoms with Crippen molar-refractivity contribution in [2.75, 3.05) is 19.7 Å². The minimum absolute atomic E-state index is 0.226. The highest BCUT2D eigenvalue weighted by atomic mass is 32.2. The van der Waals surface area contributed by atoms with Crippen LogP contribution in [0.5, 0.6) is 23.1 Å². The number of ether oxygens (including phenoxy) is 3. The average Bonchev–Trinajstić information content (AvgIpc) is 3.47. The van der Waals surface area contributed by atoms with Gasteiger partial charge in [-0.15, -0.1) is 0 Å². The van der Waals surface area contributed by atoms with Gasteiger partial charge >= 0.3 is 6.09 Å². The fraction of sp³-hybridized carbons (Fsp3) is 0.300. The number of rotatable bonds is 9. The first-order valence-corrected chi connectivity index (χ1v) is 14.0. The number of benzene rings is 2. The maximum Gasteiger partial charge on any atom is 0.415 e. The van der Waals surface area contributed by atoms with Crippen molar-refractivity contribution in [3.05, 3.63) is 90.4 Å². The highest BCUT2D eigenvalue weighted by molar-refractivity contribution is 7.99. The van der Waals surface area contributed by atoms with Gasteiger partial charge in [-0.05, 0) is 80.1 Å². The van der Waals surface area contributed by atoms with Crippen molar-refractivity contribution in [1.29, 1.82) is 0 Å². The molecule has 1 N–H and O–H groups in total. The van der Waals surface area contributed by atoms with Crippen molar-refractivity contribution in [1.82, 2.24) is 19.9 Å². The van der Waals surface area contributed by atoms with Crippen molar-refractivity contribution >= 4 is 17.9 Å². The van der Waals surface area contributed by atoms with Gasteiger partial charge in [0.15, 0.2) is 5.16 Å². The molecule has 0 aliphatic carbocycles. The highest BCUT2D eigenvalue weighted by Crippen LogP contribution is 2.33. The fourth-order valence-electron chi connectivity index (χ4n) is 4.26. The topological polar surface area (TPSA) is 89.6 Å². The molecule has 1 aliphatic heterocycles. The minimum Gasteiger partial charge on any atom is -0.493 e. The smallest absolute Gasteiger partial charge is 0.415 e. The standard InChI is InChI=1S/C30H32N4O4S/c1-21-3-12-28(33-19-21)37-26-10-8-25(9-11-26)36-20-23-13-17-34(18-14-23)30(35)38-27-6-4-24(5-7-27)22(2)39-29-31-15-16-32-29/h3-12,15-16,19,22-23H,13-14,17-18,20H2,1-2H3,(H,31,32). The summed E-state index contributed by atoms with van der Waals surface area (Å²) in [5.74, 6) is 3.00. The van der Waals surface area contributed by atoms with E-state index in [4.69, 9.17) is 14.2 Å². The van der Waals surface area contributed by atoms with Crippen LogP contribution in [0.15, 0.2) is 84.4 Å². The molecular formula is C30H32N4O4S. The third kappa shape index (κ3) is 7.54. The number of aryl methyl sites for hydroxylation is 1. The number of thioether (sulfide) groups is 1. The minimum atomic E-state index is -0.307. The van der Waals surface area contributed by atoms with E-state index in [2.05, 4.69) is 21.9 Å². The van der Waals surface area contributed by atoms with Crippen molar-refractivity contribution in [2.24, 2.45) is 5.92 Å². The van der Waals surface area contributed by atoms with E-state index in [-0.39, 0.29) is 11.3 Å². The van der Waals surface area contributed by atoms with Crippen LogP contribution in [0.25, 0.3) is 0 Å². The number of nitrogens with zero attached hydrogens (tertiary/aromatic N) is 3. The molecule has 1 unspecified atom stereocenters. The van der Waals surface area contributed by atoms with E-state index in [1.807, 2.05) is 73.8 Å². The molecule has 3 heterocycles.